The molecule has 25 heavy (non-hydrogen) atoms. The molecule has 0 saturated carbocycles. The summed E-state index contributed by atoms with van der Waals surface area (Å²) in [5, 5.41) is 6.15. The van der Waals surface area contributed by atoms with Gasteiger partial charge >= 0.3 is 0 Å². The Morgan fingerprint density at radius 2 is 1.24 bits per heavy atom. The third kappa shape index (κ3) is 1.66. The topological polar surface area (TPSA) is 17.3 Å². The average molecular weight is 318 g/mol. The molecule has 0 N–H and O–H groups in total. The first-order chi connectivity index (χ1) is 12.4. The van der Waals surface area contributed by atoms with Gasteiger partial charge in [-0.1, -0.05) is 42.5 Å². The van der Waals surface area contributed by atoms with Gasteiger partial charge in [0.2, 0.25) is 0 Å². The molecular weight excluding hydrogens is 304 g/mol. The molecule has 0 amide bonds. The number of aromatic nitrogens is 2. The second-order valence-electron chi connectivity index (χ2n) is 6.54. The average Bonchev–Trinajstić information content (AvgIpc) is 3.07. The molecule has 0 aliphatic carbocycles. The van der Waals surface area contributed by atoms with Gasteiger partial charge in [-0.15, -0.1) is 0 Å². The van der Waals surface area contributed by atoms with Gasteiger partial charge in [0.15, 0.2) is 0 Å². The summed E-state index contributed by atoms with van der Waals surface area (Å²) < 4.78 is 2.38. The van der Waals surface area contributed by atoms with Crippen molar-refractivity contribution in [1.82, 2.24) is 9.38 Å². The van der Waals surface area contributed by atoms with E-state index >= 15 is 0 Å². The van der Waals surface area contributed by atoms with Crippen molar-refractivity contribution in [3.63, 3.8) is 0 Å². The summed E-state index contributed by atoms with van der Waals surface area (Å²) >= 11 is 0. The zero-order valence-corrected chi connectivity index (χ0v) is 13.5. The van der Waals surface area contributed by atoms with Crippen LogP contribution in [0, 0.1) is 0 Å². The molecule has 6 rings (SSSR count). The minimum atomic E-state index is 1.07. The molecule has 2 heteroatoms. The van der Waals surface area contributed by atoms with Gasteiger partial charge in [0.25, 0.3) is 0 Å². The molecule has 2 nitrogen and oxygen atoms in total. The largest absolute Gasteiger partial charge is 0.308 e. The van der Waals surface area contributed by atoms with Crippen molar-refractivity contribution >= 4 is 49.0 Å². The molecule has 0 unspecified atom stereocenters. The van der Waals surface area contributed by atoms with E-state index in [0.29, 0.717) is 0 Å². The molecule has 0 atom stereocenters. The highest BCUT2D eigenvalue weighted by Gasteiger charge is 2.13. The fourth-order valence-electron chi connectivity index (χ4n) is 4.04. The summed E-state index contributed by atoms with van der Waals surface area (Å²) in [4.78, 5) is 4.72. The molecule has 3 aromatic carbocycles. The molecular formula is C23H14N2. The Labute approximate surface area is 143 Å². The van der Waals surface area contributed by atoms with Gasteiger partial charge in [0.05, 0.1) is 22.1 Å². The zero-order valence-electron chi connectivity index (χ0n) is 13.5. The number of nitrogens with zero attached hydrogens (tertiary/aromatic N) is 2. The van der Waals surface area contributed by atoms with Crippen LogP contribution in [0.5, 0.6) is 0 Å². The van der Waals surface area contributed by atoms with Crippen molar-refractivity contribution in [2.45, 2.75) is 0 Å². The summed E-state index contributed by atoms with van der Waals surface area (Å²) in [5.41, 5.74) is 4.73. The van der Waals surface area contributed by atoms with E-state index in [1.165, 1.54) is 43.5 Å². The Morgan fingerprint density at radius 1 is 0.560 bits per heavy atom. The molecule has 0 fully saturated rings. The lowest BCUT2D eigenvalue weighted by molar-refractivity contribution is 1.33. The fourth-order valence-corrected chi connectivity index (χ4v) is 4.04. The zero-order chi connectivity index (χ0) is 16.4. The van der Waals surface area contributed by atoms with Crippen LogP contribution in [0.2, 0.25) is 0 Å². The summed E-state index contributed by atoms with van der Waals surface area (Å²) in [7, 11) is 0. The van der Waals surface area contributed by atoms with Gasteiger partial charge in [-0.2, -0.15) is 0 Å². The van der Waals surface area contributed by atoms with E-state index in [2.05, 4.69) is 77.2 Å². The van der Waals surface area contributed by atoms with Gasteiger partial charge in [-0.3, -0.25) is 4.98 Å². The van der Waals surface area contributed by atoms with E-state index in [4.69, 9.17) is 4.98 Å². The smallest absolute Gasteiger partial charge is 0.0816 e. The lowest BCUT2D eigenvalue weighted by Crippen LogP contribution is -1.92. The Hall–Kier alpha value is -3.39. The number of fused-ring (bicyclic) bond motifs is 9. The Balaban J connectivity index is 2.03. The monoisotopic (exact) mass is 318 g/mol. The third-order valence-corrected chi connectivity index (χ3v) is 5.15. The minimum absolute atomic E-state index is 1.07. The van der Waals surface area contributed by atoms with Crippen LogP contribution in [0.25, 0.3) is 49.0 Å². The number of benzene rings is 3. The molecule has 0 aliphatic heterocycles. The van der Waals surface area contributed by atoms with E-state index < -0.39 is 0 Å². The van der Waals surface area contributed by atoms with Crippen LogP contribution >= 0.6 is 0 Å². The lowest BCUT2D eigenvalue weighted by atomic mass is 10.0. The standard InChI is InChI=1S/C23H14N2/c1-2-7-16-13-22-19(12-15(16)6-1)23-18(9-5-11-24-23)21-14-17-8-3-4-10-20(17)25(21)22/h1-14H. The minimum Gasteiger partial charge on any atom is -0.308 e. The van der Waals surface area contributed by atoms with Crippen LogP contribution in [0.15, 0.2) is 85.1 Å². The highest BCUT2D eigenvalue weighted by molar-refractivity contribution is 6.16. The Bertz CT molecular complexity index is 1440. The molecule has 6 aromatic rings. The molecule has 3 heterocycles. The van der Waals surface area contributed by atoms with Crippen LogP contribution in [0.1, 0.15) is 0 Å². The fraction of sp³-hybridized carbons (Fsp3) is 0. The van der Waals surface area contributed by atoms with E-state index in [1.807, 2.05) is 12.3 Å². The molecule has 0 saturated heterocycles. The maximum absolute atomic E-state index is 4.72. The lowest BCUT2D eigenvalue weighted by Gasteiger charge is -2.11. The molecule has 0 bridgehead atoms. The predicted octanol–water partition coefficient (Wildman–Crippen LogP) is 5.95. The van der Waals surface area contributed by atoms with Crippen molar-refractivity contribution in [1.29, 1.82) is 0 Å². The first-order valence-electron chi connectivity index (χ1n) is 8.49. The van der Waals surface area contributed by atoms with E-state index in [1.54, 1.807) is 0 Å². The highest BCUT2D eigenvalue weighted by atomic mass is 14.9. The Kier molecular flexibility index (Phi) is 2.37. The van der Waals surface area contributed by atoms with Crippen LogP contribution in [0.4, 0.5) is 0 Å². The Morgan fingerprint density at radius 3 is 2.12 bits per heavy atom. The molecule has 3 aromatic heterocycles. The second kappa shape index (κ2) is 4.58. The number of hydrogen-bond acceptors (Lipinski definition) is 1. The van der Waals surface area contributed by atoms with Crippen molar-refractivity contribution in [3.8, 4) is 0 Å². The number of pyridine rings is 2. The first kappa shape index (κ1) is 13.0. The van der Waals surface area contributed by atoms with Crippen LogP contribution in [0.3, 0.4) is 0 Å². The van der Waals surface area contributed by atoms with Gasteiger partial charge in [0.1, 0.15) is 0 Å². The maximum Gasteiger partial charge on any atom is 0.0816 e. The summed E-state index contributed by atoms with van der Waals surface area (Å²) in [5.74, 6) is 0. The predicted molar refractivity (Wildman–Crippen MR) is 105 cm³/mol. The molecule has 116 valence electrons. The van der Waals surface area contributed by atoms with Gasteiger partial charge in [0, 0.05) is 22.4 Å². The quantitative estimate of drug-likeness (QED) is 0.250. The summed E-state index contributed by atoms with van der Waals surface area (Å²) in [6, 6.07) is 28.1. The highest BCUT2D eigenvalue weighted by Crippen LogP contribution is 2.34. The van der Waals surface area contributed by atoms with Crippen LogP contribution < -0.4 is 0 Å². The normalized spacial score (nSPS) is 12.0. The van der Waals surface area contributed by atoms with Crippen LogP contribution in [-0.4, -0.2) is 9.38 Å². The number of para-hydroxylation sites is 1. The summed E-state index contributed by atoms with van der Waals surface area (Å²) in [6.07, 6.45) is 1.89. The third-order valence-electron chi connectivity index (χ3n) is 5.15. The van der Waals surface area contributed by atoms with Crippen molar-refractivity contribution in [2.24, 2.45) is 0 Å². The maximum atomic E-state index is 4.72. The van der Waals surface area contributed by atoms with Gasteiger partial charge < -0.3 is 4.40 Å². The SMILES string of the molecule is c1ccc2cc3c(cc2c1)c1ncccc1c1cc2ccccc2n31. The van der Waals surface area contributed by atoms with Crippen molar-refractivity contribution in [2.75, 3.05) is 0 Å². The molecule has 0 spiro atoms. The van der Waals surface area contributed by atoms with Gasteiger partial charge in [-0.05, 0) is 47.2 Å². The van der Waals surface area contributed by atoms with Crippen molar-refractivity contribution < 1.29 is 0 Å². The van der Waals surface area contributed by atoms with Crippen molar-refractivity contribution in [3.05, 3.63) is 85.1 Å². The van der Waals surface area contributed by atoms with E-state index in [9.17, 15) is 0 Å². The number of rotatable bonds is 0. The first-order valence-corrected chi connectivity index (χ1v) is 8.49. The summed E-state index contributed by atoms with van der Waals surface area (Å²) in [6.45, 7) is 0. The van der Waals surface area contributed by atoms with E-state index in [-0.39, 0.29) is 0 Å². The van der Waals surface area contributed by atoms with Crippen LogP contribution in [-0.2, 0) is 0 Å². The van der Waals surface area contributed by atoms with E-state index in [0.717, 1.165) is 5.52 Å². The molecule has 0 aliphatic rings. The second-order valence-corrected chi connectivity index (χ2v) is 6.54. The number of hydrogen-bond donors (Lipinski definition) is 0. The van der Waals surface area contributed by atoms with Gasteiger partial charge in [-0.25, -0.2) is 0 Å². The molecule has 0 radical (unpaired) electrons.